The number of hydrazine groups is 1. The maximum atomic E-state index is 13.2. The first-order chi connectivity index (χ1) is 9.65. The van der Waals surface area contributed by atoms with Crippen LogP contribution in [0.3, 0.4) is 0 Å². The van der Waals surface area contributed by atoms with Crippen LogP contribution in [-0.4, -0.2) is 12.1 Å². The minimum Gasteiger partial charge on any atom is -0.495 e. The number of hydrogen-bond acceptors (Lipinski definition) is 4. The second-order valence-electron chi connectivity index (χ2n) is 4.26. The molecule has 2 rings (SSSR count). The predicted molar refractivity (Wildman–Crippen MR) is 70.9 cm³/mol. The summed E-state index contributed by atoms with van der Waals surface area (Å²) in [5, 5.41) is 0. The van der Waals surface area contributed by atoms with Crippen molar-refractivity contribution in [3.8, 4) is 5.75 Å². The average molecular weight is 279 g/mol. The van der Waals surface area contributed by atoms with Crippen LogP contribution in [0, 0.1) is 11.6 Å². The summed E-state index contributed by atoms with van der Waals surface area (Å²) in [6.07, 6.45) is 1.98. The van der Waals surface area contributed by atoms with Crippen LogP contribution in [0.15, 0.2) is 36.5 Å². The largest absolute Gasteiger partial charge is 0.495 e. The van der Waals surface area contributed by atoms with E-state index >= 15 is 0 Å². The predicted octanol–water partition coefficient (Wildman–Crippen LogP) is 2.12. The first-order valence-corrected chi connectivity index (χ1v) is 6.04. The third-order valence-electron chi connectivity index (χ3n) is 2.97. The molecule has 0 saturated carbocycles. The van der Waals surface area contributed by atoms with E-state index in [0.29, 0.717) is 23.4 Å². The van der Waals surface area contributed by atoms with Gasteiger partial charge in [0, 0.05) is 6.20 Å². The number of ether oxygens (including phenoxy) is 1. The fourth-order valence-corrected chi connectivity index (χ4v) is 1.97. The van der Waals surface area contributed by atoms with Crippen molar-refractivity contribution in [1.82, 2.24) is 10.4 Å². The number of rotatable bonds is 5. The fraction of sp³-hybridized carbons (Fsp3) is 0.214. The summed E-state index contributed by atoms with van der Waals surface area (Å²) in [5.41, 5.74) is 3.84. The van der Waals surface area contributed by atoms with Gasteiger partial charge in [-0.15, -0.1) is 0 Å². The van der Waals surface area contributed by atoms with E-state index in [-0.39, 0.29) is 6.04 Å². The van der Waals surface area contributed by atoms with Crippen LogP contribution < -0.4 is 16.0 Å². The van der Waals surface area contributed by atoms with Gasteiger partial charge in [0.25, 0.3) is 0 Å². The summed E-state index contributed by atoms with van der Waals surface area (Å²) in [6, 6.07) is 6.89. The smallest absolute Gasteiger partial charge is 0.159 e. The molecule has 1 aromatic carbocycles. The molecule has 0 fully saturated rings. The first-order valence-electron chi connectivity index (χ1n) is 6.04. The van der Waals surface area contributed by atoms with Gasteiger partial charge in [0.1, 0.15) is 11.4 Å². The molecular formula is C14H15F2N3O. The van der Waals surface area contributed by atoms with Crippen LogP contribution in [0.25, 0.3) is 0 Å². The van der Waals surface area contributed by atoms with Crippen molar-refractivity contribution in [2.45, 2.75) is 12.5 Å². The molecule has 0 aliphatic heterocycles. The zero-order chi connectivity index (χ0) is 14.5. The Kier molecular flexibility index (Phi) is 4.60. The lowest BCUT2D eigenvalue weighted by Crippen LogP contribution is -2.30. The number of pyridine rings is 1. The van der Waals surface area contributed by atoms with Gasteiger partial charge in [0.05, 0.1) is 13.2 Å². The summed E-state index contributed by atoms with van der Waals surface area (Å²) in [5.74, 6) is 4.36. The molecule has 0 saturated heterocycles. The van der Waals surface area contributed by atoms with Crippen molar-refractivity contribution in [2.24, 2.45) is 5.84 Å². The van der Waals surface area contributed by atoms with Crippen molar-refractivity contribution in [3.63, 3.8) is 0 Å². The summed E-state index contributed by atoms with van der Waals surface area (Å²) in [4.78, 5) is 4.22. The zero-order valence-electron chi connectivity index (χ0n) is 10.9. The van der Waals surface area contributed by atoms with E-state index in [2.05, 4.69) is 10.4 Å². The van der Waals surface area contributed by atoms with Crippen LogP contribution >= 0.6 is 0 Å². The monoisotopic (exact) mass is 279 g/mol. The van der Waals surface area contributed by atoms with Gasteiger partial charge in [-0.05, 0) is 36.2 Å². The Bertz CT molecular complexity index is 592. The van der Waals surface area contributed by atoms with Gasteiger partial charge >= 0.3 is 0 Å². The number of aromatic nitrogens is 1. The highest BCUT2D eigenvalue weighted by atomic mass is 19.2. The molecule has 0 radical (unpaired) electrons. The highest BCUT2D eigenvalue weighted by Gasteiger charge is 2.17. The minimum absolute atomic E-state index is 0.362. The molecule has 0 spiro atoms. The standard InChI is InChI=1S/C14H15F2N3O/c1-20-13-3-2-6-18-14(13)12(19-17)8-9-4-5-10(15)11(16)7-9/h2-7,12,19H,8,17H2,1H3. The number of nitrogens with zero attached hydrogens (tertiary/aromatic N) is 1. The quantitative estimate of drug-likeness (QED) is 0.650. The lowest BCUT2D eigenvalue weighted by atomic mass is 10.0. The lowest BCUT2D eigenvalue weighted by molar-refractivity contribution is 0.394. The second-order valence-corrected chi connectivity index (χ2v) is 4.26. The summed E-state index contributed by atoms with van der Waals surface area (Å²) in [6.45, 7) is 0. The topological polar surface area (TPSA) is 60.2 Å². The van der Waals surface area contributed by atoms with Crippen LogP contribution in [0.4, 0.5) is 8.78 Å². The maximum Gasteiger partial charge on any atom is 0.159 e. The average Bonchev–Trinajstić information content (AvgIpc) is 2.48. The van der Waals surface area contributed by atoms with E-state index in [1.165, 1.54) is 13.2 Å². The van der Waals surface area contributed by atoms with Crippen molar-refractivity contribution in [1.29, 1.82) is 0 Å². The number of hydrogen-bond donors (Lipinski definition) is 2. The van der Waals surface area contributed by atoms with E-state index < -0.39 is 11.6 Å². The van der Waals surface area contributed by atoms with Crippen molar-refractivity contribution in [3.05, 3.63) is 59.4 Å². The van der Waals surface area contributed by atoms with Crippen molar-refractivity contribution < 1.29 is 13.5 Å². The Morgan fingerprint density at radius 3 is 2.75 bits per heavy atom. The molecule has 1 atom stereocenters. The highest BCUT2D eigenvalue weighted by molar-refractivity contribution is 5.31. The highest BCUT2D eigenvalue weighted by Crippen LogP contribution is 2.25. The first kappa shape index (κ1) is 14.4. The Balaban J connectivity index is 2.26. The van der Waals surface area contributed by atoms with Gasteiger partial charge < -0.3 is 4.74 Å². The lowest BCUT2D eigenvalue weighted by Gasteiger charge is -2.18. The third-order valence-corrected chi connectivity index (χ3v) is 2.97. The number of halogens is 2. The van der Waals surface area contributed by atoms with Crippen LogP contribution in [0.1, 0.15) is 17.3 Å². The summed E-state index contributed by atoms with van der Waals surface area (Å²) >= 11 is 0. The van der Waals surface area contributed by atoms with E-state index in [4.69, 9.17) is 10.6 Å². The minimum atomic E-state index is -0.883. The van der Waals surface area contributed by atoms with Gasteiger partial charge in [0.2, 0.25) is 0 Å². The molecule has 0 aliphatic carbocycles. The summed E-state index contributed by atoms with van der Waals surface area (Å²) in [7, 11) is 1.53. The maximum absolute atomic E-state index is 13.2. The molecule has 1 heterocycles. The molecule has 3 N–H and O–H groups in total. The van der Waals surface area contributed by atoms with Gasteiger partial charge in [-0.25, -0.2) is 8.78 Å². The molecule has 0 bridgehead atoms. The van der Waals surface area contributed by atoms with Gasteiger partial charge in [-0.1, -0.05) is 6.07 Å². The molecule has 6 heteroatoms. The number of nitrogens with two attached hydrogens (primary N) is 1. The molecule has 1 aromatic heterocycles. The van der Waals surface area contributed by atoms with Gasteiger partial charge in [0.15, 0.2) is 11.6 Å². The number of nitrogens with one attached hydrogen (secondary N) is 1. The Labute approximate surface area is 115 Å². The van der Waals surface area contributed by atoms with Crippen LogP contribution in [0.5, 0.6) is 5.75 Å². The molecule has 20 heavy (non-hydrogen) atoms. The van der Waals surface area contributed by atoms with Crippen molar-refractivity contribution >= 4 is 0 Å². The van der Waals surface area contributed by atoms with E-state index in [1.54, 1.807) is 18.3 Å². The Morgan fingerprint density at radius 2 is 2.10 bits per heavy atom. The fourth-order valence-electron chi connectivity index (χ4n) is 1.97. The van der Waals surface area contributed by atoms with E-state index in [9.17, 15) is 8.78 Å². The molecule has 0 aliphatic rings. The molecule has 0 amide bonds. The molecule has 2 aromatic rings. The SMILES string of the molecule is COc1cccnc1C(Cc1ccc(F)c(F)c1)NN. The van der Waals surface area contributed by atoms with Gasteiger partial charge in [-0.3, -0.25) is 16.3 Å². The molecule has 106 valence electrons. The molecule has 4 nitrogen and oxygen atoms in total. The number of methoxy groups -OCH3 is 1. The van der Waals surface area contributed by atoms with E-state index in [0.717, 1.165) is 12.1 Å². The normalized spacial score (nSPS) is 12.2. The number of benzene rings is 1. The molecular weight excluding hydrogens is 264 g/mol. The second kappa shape index (κ2) is 6.40. The molecule has 1 unspecified atom stereocenters. The zero-order valence-corrected chi connectivity index (χ0v) is 10.9. The van der Waals surface area contributed by atoms with Crippen LogP contribution in [0.2, 0.25) is 0 Å². The third kappa shape index (κ3) is 3.09. The van der Waals surface area contributed by atoms with Crippen molar-refractivity contribution in [2.75, 3.05) is 7.11 Å². The van der Waals surface area contributed by atoms with Gasteiger partial charge in [-0.2, -0.15) is 0 Å². The summed E-state index contributed by atoms with van der Waals surface area (Å²) < 4.78 is 31.3. The van der Waals surface area contributed by atoms with E-state index in [1.807, 2.05) is 0 Å². The van der Waals surface area contributed by atoms with Crippen LogP contribution in [-0.2, 0) is 6.42 Å². The Morgan fingerprint density at radius 1 is 1.30 bits per heavy atom. The Hall–Kier alpha value is -2.05.